The maximum Gasteiger partial charge on any atom is 0.488 e. The van der Waals surface area contributed by atoms with Crippen molar-refractivity contribution in [2.75, 3.05) is 13.2 Å². The Morgan fingerprint density at radius 2 is 0.935 bits per heavy atom. The van der Waals surface area contributed by atoms with Crippen LogP contribution in [0.2, 0.25) is 0 Å². The molecule has 0 aromatic rings. The zero-order valence-electron chi connectivity index (χ0n) is 20.9. The average molecular weight is 464 g/mol. The fourth-order valence-electron chi connectivity index (χ4n) is 3.78. The van der Waals surface area contributed by atoms with Crippen molar-refractivity contribution in [3.05, 3.63) is 0 Å². The quantitative estimate of drug-likeness (QED) is 0.0761. The summed E-state index contributed by atoms with van der Waals surface area (Å²) in [5.41, 5.74) is 2.58. The van der Waals surface area contributed by atoms with Crippen molar-refractivity contribution in [2.24, 2.45) is 0 Å². The van der Waals surface area contributed by atoms with Gasteiger partial charge in [-0.25, -0.2) is 4.57 Å². The molecule has 0 saturated carbocycles. The van der Waals surface area contributed by atoms with Crippen molar-refractivity contribution in [3.63, 3.8) is 0 Å². The van der Waals surface area contributed by atoms with Crippen LogP contribution in [0.15, 0.2) is 0 Å². The van der Waals surface area contributed by atoms with Crippen LogP contribution in [0.1, 0.15) is 149 Å². The lowest BCUT2D eigenvalue weighted by atomic mass is 10.0. The standard InChI is InChI=1S/C25H54NO4P/c1-3-5-7-9-11-12-13-14-15-16-17-18-19-21-23-25-29-31(27,28)30-26-24-22-20-10-8-6-4-2/h26H,3-25H2,1-2H3,(H,27,28). The first-order chi connectivity index (χ1) is 15.1. The minimum atomic E-state index is -3.96. The molecule has 0 aromatic heterocycles. The van der Waals surface area contributed by atoms with E-state index in [4.69, 9.17) is 9.15 Å². The van der Waals surface area contributed by atoms with Gasteiger partial charge in [0.05, 0.1) is 6.61 Å². The van der Waals surface area contributed by atoms with Crippen LogP contribution in [0.5, 0.6) is 0 Å². The number of phosphoric ester groups is 1. The molecule has 0 aliphatic heterocycles. The lowest BCUT2D eigenvalue weighted by Gasteiger charge is -2.12. The first-order valence-corrected chi connectivity index (χ1v) is 15.0. The average Bonchev–Trinajstić information content (AvgIpc) is 2.75. The summed E-state index contributed by atoms with van der Waals surface area (Å²) in [5.74, 6) is 0. The molecule has 0 aromatic carbocycles. The minimum Gasteiger partial charge on any atom is -0.301 e. The molecule has 0 fully saturated rings. The topological polar surface area (TPSA) is 67.8 Å². The lowest BCUT2D eigenvalue weighted by Crippen LogP contribution is -2.15. The third-order valence-electron chi connectivity index (χ3n) is 5.81. The molecule has 2 N–H and O–H groups in total. The monoisotopic (exact) mass is 463 g/mol. The maximum atomic E-state index is 11.8. The van der Waals surface area contributed by atoms with Gasteiger partial charge in [-0.05, 0) is 12.8 Å². The molecule has 0 amide bonds. The molecule has 1 atom stereocenters. The Bertz CT molecular complexity index is 396. The molecule has 31 heavy (non-hydrogen) atoms. The van der Waals surface area contributed by atoms with Gasteiger partial charge in [-0.15, -0.1) is 0 Å². The second-order valence-electron chi connectivity index (χ2n) is 9.00. The minimum absolute atomic E-state index is 0.282. The molecular weight excluding hydrogens is 409 g/mol. The van der Waals surface area contributed by atoms with Gasteiger partial charge in [-0.1, -0.05) is 136 Å². The van der Waals surface area contributed by atoms with Crippen molar-refractivity contribution in [1.29, 1.82) is 0 Å². The molecule has 0 rings (SSSR count). The zero-order valence-corrected chi connectivity index (χ0v) is 21.8. The summed E-state index contributed by atoms with van der Waals surface area (Å²) >= 11 is 0. The summed E-state index contributed by atoms with van der Waals surface area (Å²) in [7, 11) is -3.96. The van der Waals surface area contributed by atoms with E-state index in [0.717, 1.165) is 25.7 Å². The fourth-order valence-corrected chi connectivity index (χ4v) is 4.45. The molecule has 0 bridgehead atoms. The predicted octanol–water partition coefficient (Wildman–Crippen LogP) is 8.86. The molecule has 188 valence electrons. The Morgan fingerprint density at radius 1 is 0.581 bits per heavy atom. The molecule has 0 aliphatic rings. The highest BCUT2D eigenvalue weighted by Crippen LogP contribution is 2.42. The number of hydrogen-bond donors (Lipinski definition) is 2. The zero-order chi connectivity index (χ0) is 22.9. The molecule has 0 spiro atoms. The van der Waals surface area contributed by atoms with Crippen LogP contribution in [0.4, 0.5) is 0 Å². The van der Waals surface area contributed by atoms with E-state index in [2.05, 4.69) is 19.3 Å². The Hall–Kier alpha value is 0.0700. The van der Waals surface area contributed by atoms with E-state index < -0.39 is 7.82 Å². The van der Waals surface area contributed by atoms with E-state index in [-0.39, 0.29) is 6.61 Å². The Balaban J connectivity index is 3.26. The molecule has 0 heterocycles. The number of rotatable bonds is 26. The van der Waals surface area contributed by atoms with E-state index in [1.165, 1.54) is 109 Å². The molecule has 5 nitrogen and oxygen atoms in total. The summed E-state index contributed by atoms with van der Waals surface area (Å²) in [6.45, 7) is 5.34. The van der Waals surface area contributed by atoms with Crippen molar-refractivity contribution >= 4 is 7.82 Å². The summed E-state index contributed by atoms with van der Waals surface area (Å²) in [4.78, 5) is 9.65. The third kappa shape index (κ3) is 26.2. The van der Waals surface area contributed by atoms with Crippen LogP contribution < -0.4 is 5.48 Å². The number of unbranched alkanes of at least 4 members (excludes halogenated alkanes) is 19. The van der Waals surface area contributed by atoms with Gasteiger partial charge in [0.1, 0.15) is 0 Å². The van der Waals surface area contributed by atoms with E-state index in [1.54, 1.807) is 0 Å². The summed E-state index contributed by atoms with van der Waals surface area (Å²) < 4.78 is 21.6. The highest BCUT2D eigenvalue weighted by molar-refractivity contribution is 7.47. The molecule has 0 radical (unpaired) electrons. The van der Waals surface area contributed by atoms with E-state index in [9.17, 15) is 9.46 Å². The van der Waals surface area contributed by atoms with Crippen LogP contribution in [-0.2, 0) is 13.7 Å². The highest BCUT2D eigenvalue weighted by atomic mass is 31.2. The molecule has 0 saturated heterocycles. The Labute approximate surface area is 194 Å². The smallest absolute Gasteiger partial charge is 0.301 e. The van der Waals surface area contributed by atoms with Gasteiger partial charge in [-0.3, -0.25) is 4.52 Å². The number of phosphoric acid groups is 1. The van der Waals surface area contributed by atoms with Crippen molar-refractivity contribution in [3.8, 4) is 0 Å². The lowest BCUT2D eigenvalue weighted by molar-refractivity contribution is 0.0947. The Morgan fingerprint density at radius 3 is 1.35 bits per heavy atom. The van der Waals surface area contributed by atoms with E-state index >= 15 is 0 Å². The molecule has 1 unspecified atom stereocenters. The first-order valence-electron chi connectivity index (χ1n) is 13.5. The van der Waals surface area contributed by atoms with Crippen LogP contribution in [0.25, 0.3) is 0 Å². The molecule has 6 heteroatoms. The largest absolute Gasteiger partial charge is 0.488 e. The van der Waals surface area contributed by atoms with Crippen LogP contribution in [-0.4, -0.2) is 18.0 Å². The normalized spacial score (nSPS) is 13.5. The number of nitrogens with one attached hydrogen (secondary N) is 1. The fraction of sp³-hybridized carbons (Fsp3) is 1.00. The van der Waals surface area contributed by atoms with Crippen LogP contribution in [0, 0.1) is 0 Å². The second-order valence-corrected chi connectivity index (χ2v) is 10.4. The van der Waals surface area contributed by atoms with Gasteiger partial charge in [0.2, 0.25) is 0 Å². The van der Waals surface area contributed by atoms with Crippen LogP contribution >= 0.6 is 7.82 Å². The van der Waals surface area contributed by atoms with Gasteiger partial charge in [0, 0.05) is 6.54 Å². The van der Waals surface area contributed by atoms with Gasteiger partial charge < -0.3 is 4.89 Å². The van der Waals surface area contributed by atoms with Gasteiger partial charge in [0.25, 0.3) is 0 Å². The number of hydrogen-bond acceptors (Lipinski definition) is 4. The summed E-state index contributed by atoms with van der Waals surface area (Å²) in [6.07, 6.45) is 26.6. The van der Waals surface area contributed by atoms with Crippen molar-refractivity contribution < 1.29 is 18.6 Å². The van der Waals surface area contributed by atoms with Gasteiger partial charge in [0.15, 0.2) is 0 Å². The SMILES string of the molecule is CCCCCCCCCCCCCCCCCOP(=O)(O)ONCCCCCCCC. The Kier molecular flexibility index (Phi) is 24.8. The first kappa shape index (κ1) is 31.1. The van der Waals surface area contributed by atoms with Crippen LogP contribution in [0.3, 0.4) is 0 Å². The van der Waals surface area contributed by atoms with E-state index in [1.807, 2.05) is 0 Å². The van der Waals surface area contributed by atoms with Crippen molar-refractivity contribution in [2.45, 2.75) is 149 Å². The molecule has 0 aliphatic carbocycles. The number of hydroxylamine groups is 1. The summed E-state index contributed by atoms with van der Waals surface area (Å²) in [6, 6.07) is 0. The van der Waals surface area contributed by atoms with E-state index in [0.29, 0.717) is 6.54 Å². The highest BCUT2D eigenvalue weighted by Gasteiger charge is 2.20. The summed E-state index contributed by atoms with van der Waals surface area (Å²) in [5, 5.41) is 0. The van der Waals surface area contributed by atoms with Gasteiger partial charge in [-0.2, -0.15) is 10.1 Å². The molecular formula is C25H54NO4P. The predicted molar refractivity (Wildman–Crippen MR) is 133 cm³/mol. The van der Waals surface area contributed by atoms with Crippen molar-refractivity contribution in [1.82, 2.24) is 5.48 Å². The van der Waals surface area contributed by atoms with Gasteiger partial charge >= 0.3 is 7.82 Å². The maximum absolute atomic E-state index is 11.8. The second kappa shape index (κ2) is 24.7. The third-order valence-corrected chi connectivity index (χ3v) is 6.68.